The molecule has 0 aliphatic carbocycles. The zero-order chi connectivity index (χ0) is 10.1. The highest BCUT2D eigenvalue weighted by Crippen LogP contribution is 2.26. The van der Waals surface area contributed by atoms with Crippen LogP contribution in [0.3, 0.4) is 0 Å². The predicted molar refractivity (Wildman–Crippen MR) is 49.3 cm³/mol. The van der Waals surface area contributed by atoms with E-state index in [2.05, 4.69) is 0 Å². The Bertz CT molecular complexity index is 300. The van der Waals surface area contributed by atoms with Gasteiger partial charge in [-0.05, 0) is 25.5 Å². The minimum atomic E-state index is -0.967. The molecule has 0 bridgehead atoms. The van der Waals surface area contributed by atoms with E-state index < -0.39 is 5.60 Å². The van der Waals surface area contributed by atoms with Gasteiger partial charge in [0.2, 0.25) is 0 Å². The number of hydrogen-bond donors (Lipinski definition) is 3. The minimum Gasteiger partial charge on any atom is -0.508 e. The van der Waals surface area contributed by atoms with E-state index in [1.165, 1.54) is 6.07 Å². The summed E-state index contributed by atoms with van der Waals surface area (Å²) in [7, 11) is 0. The number of rotatable bonds is 2. The molecule has 0 aliphatic heterocycles. The van der Waals surface area contributed by atoms with Crippen LogP contribution in [0.15, 0.2) is 18.2 Å². The summed E-state index contributed by atoms with van der Waals surface area (Å²) in [5.41, 5.74) is 0.126. The normalized spacial score (nSPS) is 11.7. The van der Waals surface area contributed by atoms with Crippen LogP contribution in [0.2, 0.25) is 0 Å². The van der Waals surface area contributed by atoms with E-state index in [-0.39, 0.29) is 12.4 Å². The quantitative estimate of drug-likeness (QED) is 0.642. The first-order chi connectivity index (χ1) is 5.95. The number of hydrogen-bond acceptors (Lipinski definition) is 3. The van der Waals surface area contributed by atoms with Crippen molar-refractivity contribution in [3.63, 3.8) is 0 Å². The van der Waals surface area contributed by atoms with E-state index in [4.69, 9.17) is 5.11 Å². The van der Waals surface area contributed by atoms with Crippen molar-refractivity contribution in [3.05, 3.63) is 29.3 Å². The van der Waals surface area contributed by atoms with Crippen molar-refractivity contribution in [1.29, 1.82) is 0 Å². The van der Waals surface area contributed by atoms with E-state index in [0.29, 0.717) is 11.1 Å². The highest BCUT2D eigenvalue weighted by molar-refractivity contribution is 5.37. The van der Waals surface area contributed by atoms with Gasteiger partial charge in [0.15, 0.2) is 0 Å². The lowest BCUT2D eigenvalue weighted by atomic mass is 9.97. The topological polar surface area (TPSA) is 60.7 Å². The molecule has 0 saturated carbocycles. The summed E-state index contributed by atoms with van der Waals surface area (Å²) in [6.45, 7) is 3.08. The van der Waals surface area contributed by atoms with Crippen LogP contribution in [0.5, 0.6) is 5.75 Å². The van der Waals surface area contributed by atoms with Crippen LogP contribution in [0.1, 0.15) is 25.0 Å². The van der Waals surface area contributed by atoms with Gasteiger partial charge in [0, 0.05) is 5.56 Å². The van der Waals surface area contributed by atoms with Crippen molar-refractivity contribution in [2.75, 3.05) is 0 Å². The third kappa shape index (κ3) is 2.20. The van der Waals surface area contributed by atoms with Gasteiger partial charge in [-0.3, -0.25) is 0 Å². The fourth-order valence-electron chi connectivity index (χ4n) is 1.08. The molecular formula is C10H14O3. The van der Waals surface area contributed by atoms with E-state index in [1.54, 1.807) is 26.0 Å². The molecule has 0 aromatic heterocycles. The Morgan fingerprint density at radius 3 is 2.31 bits per heavy atom. The Morgan fingerprint density at radius 1 is 1.31 bits per heavy atom. The third-order valence-electron chi connectivity index (χ3n) is 1.96. The van der Waals surface area contributed by atoms with E-state index >= 15 is 0 Å². The Hall–Kier alpha value is -1.06. The Balaban J connectivity index is 3.10. The lowest BCUT2D eigenvalue weighted by molar-refractivity contribution is 0.0782. The summed E-state index contributed by atoms with van der Waals surface area (Å²) >= 11 is 0. The second-order valence-electron chi connectivity index (χ2n) is 3.56. The molecular weight excluding hydrogens is 168 g/mol. The van der Waals surface area contributed by atoms with Crippen molar-refractivity contribution in [2.45, 2.75) is 26.1 Å². The van der Waals surface area contributed by atoms with E-state index in [1.807, 2.05) is 0 Å². The number of aliphatic hydroxyl groups excluding tert-OH is 1. The maximum Gasteiger partial charge on any atom is 0.121 e. The molecule has 1 aromatic carbocycles. The number of phenols is 1. The van der Waals surface area contributed by atoms with Crippen molar-refractivity contribution in [2.24, 2.45) is 0 Å². The van der Waals surface area contributed by atoms with Gasteiger partial charge >= 0.3 is 0 Å². The molecule has 3 nitrogen and oxygen atoms in total. The summed E-state index contributed by atoms with van der Waals surface area (Å²) in [4.78, 5) is 0. The molecule has 0 radical (unpaired) electrons. The van der Waals surface area contributed by atoms with Crippen LogP contribution in [-0.2, 0) is 12.2 Å². The van der Waals surface area contributed by atoms with Crippen LogP contribution in [0, 0.1) is 0 Å². The van der Waals surface area contributed by atoms with Crippen molar-refractivity contribution < 1.29 is 15.3 Å². The molecule has 72 valence electrons. The average molecular weight is 182 g/mol. The van der Waals surface area contributed by atoms with Gasteiger partial charge in [0.25, 0.3) is 0 Å². The molecule has 0 fully saturated rings. The third-order valence-corrected chi connectivity index (χ3v) is 1.96. The smallest absolute Gasteiger partial charge is 0.121 e. The van der Waals surface area contributed by atoms with Gasteiger partial charge in [-0.2, -0.15) is 0 Å². The molecule has 0 amide bonds. The second-order valence-corrected chi connectivity index (χ2v) is 3.56. The summed E-state index contributed by atoms with van der Waals surface area (Å²) in [6, 6.07) is 4.75. The standard InChI is InChI=1S/C10H14O3/c1-10(2,13)8-4-3-7(6-11)9(12)5-8/h3-5,11-13H,6H2,1-2H3. The summed E-state index contributed by atoms with van der Waals surface area (Å²) in [6.07, 6.45) is 0. The molecule has 0 heterocycles. The van der Waals surface area contributed by atoms with E-state index in [9.17, 15) is 10.2 Å². The van der Waals surface area contributed by atoms with Gasteiger partial charge in [0.05, 0.1) is 12.2 Å². The fourth-order valence-corrected chi connectivity index (χ4v) is 1.08. The first kappa shape index (κ1) is 10.0. The Labute approximate surface area is 77.3 Å². The molecule has 0 saturated heterocycles. The first-order valence-electron chi connectivity index (χ1n) is 4.11. The predicted octanol–water partition coefficient (Wildman–Crippen LogP) is 1.11. The monoisotopic (exact) mass is 182 g/mol. The maximum atomic E-state index is 9.60. The minimum absolute atomic E-state index is 0.0159. The number of aromatic hydroxyl groups is 1. The Kier molecular flexibility index (Phi) is 2.59. The molecule has 0 aliphatic rings. The van der Waals surface area contributed by atoms with Gasteiger partial charge in [-0.1, -0.05) is 12.1 Å². The first-order valence-corrected chi connectivity index (χ1v) is 4.11. The molecule has 0 atom stereocenters. The molecule has 1 rings (SSSR count). The molecule has 1 aromatic rings. The lowest BCUT2D eigenvalue weighted by Crippen LogP contribution is -2.15. The summed E-state index contributed by atoms with van der Waals surface area (Å²) in [5.74, 6) is 0.0159. The van der Waals surface area contributed by atoms with Crippen molar-refractivity contribution >= 4 is 0 Å². The van der Waals surface area contributed by atoms with Gasteiger partial charge in [-0.25, -0.2) is 0 Å². The van der Waals surface area contributed by atoms with Crippen LogP contribution in [0.25, 0.3) is 0 Å². The molecule has 13 heavy (non-hydrogen) atoms. The van der Waals surface area contributed by atoms with E-state index in [0.717, 1.165) is 0 Å². The largest absolute Gasteiger partial charge is 0.508 e. The van der Waals surface area contributed by atoms with Crippen molar-refractivity contribution in [1.82, 2.24) is 0 Å². The van der Waals surface area contributed by atoms with Gasteiger partial charge < -0.3 is 15.3 Å². The van der Waals surface area contributed by atoms with Gasteiger partial charge in [0.1, 0.15) is 5.75 Å². The molecule has 3 N–H and O–H groups in total. The summed E-state index contributed by atoms with van der Waals surface area (Å²) < 4.78 is 0. The number of benzene rings is 1. The maximum absolute atomic E-state index is 9.60. The second kappa shape index (κ2) is 3.36. The van der Waals surface area contributed by atoms with Crippen LogP contribution >= 0.6 is 0 Å². The van der Waals surface area contributed by atoms with Gasteiger partial charge in [-0.15, -0.1) is 0 Å². The number of aliphatic hydroxyl groups is 2. The van der Waals surface area contributed by atoms with Crippen LogP contribution < -0.4 is 0 Å². The lowest BCUT2D eigenvalue weighted by Gasteiger charge is -2.18. The fraction of sp³-hybridized carbons (Fsp3) is 0.400. The highest BCUT2D eigenvalue weighted by Gasteiger charge is 2.16. The highest BCUT2D eigenvalue weighted by atomic mass is 16.3. The Morgan fingerprint density at radius 2 is 1.92 bits per heavy atom. The molecule has 0 unspecified atom stereocenters. The van der Waals surface area contributed by atoms with Crippen molar-refractivity contribution in [3.8, 4) is 5.75 Å². The SMILES string of the molecule is CC(C)(O)c1ccc(CO)c(O)c1. The molecule has 0 spiro atoms. The zero-order valence-corrected chi connectivity index (χ0v) is 7.78. The zero-order valence-electron chi connectivity index (χ0n) is 7.78. The van der Waals surface area contributed by atoms with Crippen LogP contribution in [-0.4, -0.2) is 15.3 Å². The van der Waals surface area contributed by atoms with Crippen LogP contribution in [0.4, 0.5) is 0 Å². The average Bonchev–Trinajstić information content (AvgIpc) is 2.02. The molecule has 3 heteroatoms. The summed E-state index contributed by atoms with van der Waals surface area (Å²) in [5, 5.41) is 27.8.